The summed E-state index contributed by atoms with van der Waals surface area (Å²) >= 11 is 0. The fourth-order valence-corrected chi connectivity index (χ4v) is 0.778. The molecule has 0 saturated carbocycles. The van der Waals surface area contributed by atoms with Crippen molar-refractivity contribution in [3.8, 4) is 12.3 Å². The van der Waals surface area contributed by atoms with Crippen molar-refractivity contribution in [2.24, 2.45) is 5.73 Å². The number of aliphatic carboxylic acids is 1. The summed E-state index contributed by atoms with van der Waals surface area (Å²) < 4.78 is 0. The Morgan fingerprint density at radius 2 is 2.23 bits per heavy atom. The third kappa shape index (κ3) is 4.13. The van der Waals surface area contributed by atoms with E-state index < -0.39 is 17.9 Å². The van der Waals surface area contributed by atoms with Crippen LogP contribution in [0.25, 0.3) is 0 Å². The number of amides is 1. The van der Waals surface area contributed by atoms with Crippen molar-refractivity contribution in [1.82, 2.24) is 4.90 Å². The molecule has 0 aliphatic carbocycles. The topological polar surface area (TPSA) is 83.6 Å². The van der Waals surface area contributed by atoms with Crippen LogP contribution in [0.5, 0.6) is 0 Å². The van der Waals surface area contributed by atoms with E-state index in [1.54, 1.807) is 0 Å². The van der Waals surface area contributed by atoms with Gasteiger partial charge in [-0.2, -0.15) is 0 Å². The lowest BCUT2D eigenvalue weighted by Gasteiger charge is -2.17. The van der Waals surface area contributed by atoms with Crippen molar-refractivity contribution in [3.05, 3.63) is 0 Å². The number of carbonyl (C=O) groups excluding carboxylic acids is 1. The zero-order chi connectivity index (χ0) is 10.4. The summed E-state index contributed by atoms with van der Waals surface area (Å²) in [6.45, 7) is -0.364. The smallest absolute Gasteiger partial charge is 0.323 e. The molecule has 0 saturated heterocycles. The molecule has 0 heterocycles. The van der Waals surface area contributed by atoms with Crippen LogP contribution in [0.2, 0.25) is 0 Å². The molecule has 5 heteroatoms. The molecule has 1 amide bonds. The average Bonchev–Trinajstić information content (AvgIpc) is 2.02. The number of carboxylic acid groups (broad SMARTS) is 1. The van der Waals surface area contributed by atoms with E-state index >= 15 is 0 Å². The van der Waals surface area contributed by atoms with Crippen molar-refractivity contribution in [3.63, 3.8) is 0 Å². The van der Waals surface area contributed by atoms with Crippen LogP contribution in [0.15, 0.2) is 0 Å². The third-order valence-electron chi connectivity index (χ3n) is 1.40. The maximum Gasteiger partial charge on any atom is 0.323 e. The van der Waals surface area contributed by atoms with Gasteiger partial charge in [0.2, 0.25) is 5.91 Å². The zero-order valence-corrected chi connectivity index (χ0v) is 7.36. The van der Waals surface area contributed by atoms with Crippen LogP contribution in [0.3, 0.4) is 0 Å². The van der Waals surface area contributed by atoms with Gasteiger partial charge in [0, 0.05) is 13.5 Å². The Kier molecular flexibility index (Phi) is 4.55. The number of rotatable bonds is 4. The van der Waals surface area contributed by atoms with Gasteiger partial charge in [0.15, 0.2) is 0 Å². The Morgan fingerprint density at radius 1 is 1.69 bits per heavy atom. The van der Waals surface area contributed by atoms with Crippen molar-refractivity contribution in [2.45, 2.75) is 12.5 Å². The fourth-order valence-electron chi connectivity index (χ4n) is 0.778. The summed E-state index contributed by atoms with van der Waals surface area (Å²) in [7, 11) is 1.37. The van der Waals surface area contributed by atoms with Crippen LogP contribution >= 0.6 is 0 Å². The van der Waals surface area contributed by atoms with Gasteiger partial charge in [-0.25, -0.2) is 0 Å². The number of carboxylic acids is 1. The van der Waals surface area contributed by atoms with E-state index in [2.05, 4.69) is 5.92 Å². The van der Waals surface area contributed by atoms with Gasteiger partial charge < -0.3 is 15.7 Å². The molecule has 72 valence electrons. The molecule has 0 aromatic carbocycles. The van der Waals surface area contributed by atoms with Gasteiger partial charge in [-0.05, 0) is 0 Å². The maximum absolute atomic E-state index is 11.2. The second-order valence-corrected chi connectivity index (χ2v) is 2.60. The highest BCUT2D eigenvalue weighted by molar-refractivity contribution is 5.85. The summed E-state index contributed by atoms with van der Waals surface area (Å²) in [6, 6.07) is -0.811. The van der Waals surface area contributed by atoms with Crippen LogP contribution < -0.4 is 5.73 Å². The van der Waals surface area contributed by atoms with Crippen molar-refractivity contribution >= 4 is 11.9 Å². The Balaban J connectivity index is 4.10. The van der Waals surface area contributed by atoms with Crippen LogP contribution in [-0.2, 0) is 9.59 Å². The molecular weight excluding hydrogens is 172 g/mol. The highest BCUT2D eigenvalue weighted by Crippen LogP contribution is 1.93. The monoisotopic (exact) mass is 184 g/mol. The molecule has 0 aromatic rings. The molecular formula is C8H12N2O3. The lowest BCUT2D eigenvalue weighted by atomic mass is 10.2. The van der Waals surface area contributed by atoms with Gasteiger partial charge in [-0.1, -0.05) is 0 Å². The summed E-state index contributed by atoms with van der Waals surface area (Å²) in [5, 5.41) is 8.37. The highest BCUT2D eigenvalue weighted by Gasteiger charge is 2.18. The first-order chi connectivity index (χ1) is 5.99. The number of terminal acetylenes is 1. The number of hydrogen-bond donors (Lipinski definition) is 2. The summed E-state index contributed by atoms with van der Waals surface area (Å²) in [5.41, 5.74) is 5.38. The molecule has 0 radical (unpaired) electrons. The van der Waals surface area contributed by atoms with E-state index in [4.69, 9.17) is 17.3 Å². The van der Waals surface area contributed by atoms with Gasteiger partial charge in [0.25, 0.3) is 0 Å². The van der Waals surface area contributed by atoms with Gasteiger partial charge in [-0.3, -0.25) is 9.59 Å². The second kappa shape index (κ2) is 5.17. The predicted molar refractivity (Wildman–Crippen MR) is 46.7 cm³/mol. The lowest BCUT2D eigenvalue weighted by molar-refractivity contribution is -0.143. The first kappa shape index (κ1) is 11.5. The maximum atomic E-state index is 11.2. The zero-order valence-electron chi connectivity index (χ0n) is 7.36. The standard InChI is InChI=1S/C8H12N2O3/c1-3-4-6(9)8(13)10(2)5-7(11)12/h1,6H,4-5,9H2,2H3,(H,11,12). The van der Waals surface area contributed by atoms with Crippen LogP contribution in [0.1, 0.15) is 6.42 Å². The SMILES string of the molecule is C#CCC(N)C(=O)N(C)CC(=O)O. The number of likely N-dealkylation sites (N-methyl/N-ethyl adjacent to an activating group) is 1. The number of nitrogens with two attached hydrogens (primary N) is 1. The largest absolute Gasteiger partial charge is 0.480 e. The number of nitrogens with zero attached hydrogens (tertiary/aromatic N) is 1. The Bertz CT molecular complexity index is 244. The van der Waals surface area contributed by atoms with Crippen molar-refractivity contribution in [2.75, 3.05) is 13.6 Å². The third-order valence-corrected chi connectivity index (χ3v) is 1.40. The van der Waals surface area contributed by atoms with E-state index in [0.717, 1.165) is 4.90 Å². The fraction of sp³-hybridized carbons (Fsp3) is 0.500. The summed E-state index contributed by atoms with van der Waals surface area (Å²) in [5.74, 6) is 0.699. The Morgan fingerprint density at radius 3 is 2.62 bits per heavy atom. The summed E-state index contributed by atoms with van der Waals surface area (Å²) in [6.07, 6.45) is 5.07. The van der Waals surface area contributed by atoms with Crippen LogP contribution in [-0.4, -0.2) is 41.5 Å². The summed E-state index contributed by atoms with van der Waals surface area (Å²) in [4.78, 5) is 22.5. The van der Waals surface area contributed by atoms with E-state index in [1.807, 2.05) is 0 Å². The molecule has 0 aromatic heterocycles. The molecule has 5 nitrogen and oxygen atoms in total. The average molecular weight is 184 g/mol. The van der Waals surface area contributed by atoms with Gasteiger partial charge in [0.05, 0.1) is 6.04 Å². The van der Waals surface area contributed by atoms with Crippen molar-refractivity contribution in [1.29, 1.82) is 0 Å². The molecule has 0 spiro atoms. The number of carbonyl (C=O) groups is 2. The molecule has 0 rings (SSSR count). The minimum atomic E-state index is -1.08. The van der Waals surface area contributed by atoms with Gasteiger partial charge in [-0.15, -0.1) is 12.3 Å². The lowest BCUT2D eigenvalue weighted by Crippen LogP contribution is -2.43. The predicted octanol–water partition coefficient (Wildman–Crippen LogP) is -1.12. The van der Waals surface area contributed by atoms with Gasteiger partial charge in [0.1, 0.15) is 6.54 Å². The quantitative estimate of drug-likeness (QED) is 0.542. The molecule has 1 atom stereocenters. The Labute approximate surface area is 76.5 Å². The van der Waals surface area contributed by atoms with Crippen molar-refractivity contribution < 1.29 is 14.7 Å². The minimum absolute atomic E-state index is 0.114. The molecule has 13 heavy (non-hydrogen) atoms. The molecule has 1 unspecified atom stereocenters. The van der Waals surface area contributed by atoms with Gasteiger partial charge >= 0.3 is 5.97 Å². The normalized spacial score (nSPS) is 11.5. The minimum Gasteiger partial charge on any atom is -0.480 e. The molecule has 0 bridgehead atoms. The first-order valence-electron chi connectivity index (χ1n) is 3.64. The van der Waals surface area contributed by atoms with Crippen LogP contribution in [0, 0.1) is 12.3 Å². The van der Waals surface area contributed by atoms with E-state index in [-0.39, 0.29) is 13.0 Å². The molecule has 0 aliphatic rings. The Hall–Kier alpha value is -1.54. The first-order valence-corrected chi connectivity index (χ1v) is 3.64. The van der Waals surface area contributed by atoms with E-state index in [1.165, 1.54) is 7.05 Å². The molecule has 3 N–H and O–H groups in total. The molecule has 0 fully saturated rings. The van der Waals surface area contributed by atoms with E-state index in [9.17, 15) is 9.59 Å². The molecule has 0 aliphatic heterocycles. The number of hydrogen-bond acceptors (Lipinski definition) is 3. The second-order valence-electron chi connectivity index (χ2n) is 2.60. The van der Waals surface area contributed by atoms with E-state index in [0.29, 0.717) is 0 Å². The van der Waals surface area contributed by atoms with Crippen LogP contribution in [0.4, 0.5) is 0 Å². The highest BCUT2D eigenvalue weighted by atomic mass is 16.4.